The number of benzene rings is 3. The molecule has 0 saturated carbocycles. The molecule has 4 rings (SSSR count). The Morgan fingerprint density at radius 3 is 2.20 bits per heavy atom. The van der Waals surface area contributed by atoms with E-state index in [1.54, 1.807) is 30.3 Å². The fourth-order valence-corrected chi connectivity index (χ4v) is 3.87. The Bertz CT molecular complexity index is 1420. The van der Waals surface area contributed by atoms with Gasteiger partial charge in [0.25, 0.3) is 0 Å². The van der Waals surface area contributed by atoms with Crippen LogP contribution in [0.1, 0.15) is 21.6 Å². The first-order valence-corrected chi connectivity index (χ1v) is 10.2. The van der Waals surface area contributed by atoms with Gasteiger partial charge in [0, 0.05) is 11.1 Å². The molecule has 0 unspecified atom stereocenters. The standard InChI is InChI=1S/C25H18F3NO6/c1-34-21-5-3-2-4-19(21)29-18-11-10-16(35-15-8-6-14(7-9-15)25(26,27)28)12-17(18)23(24(32)33)20(29)13-22(30)31/h2-12H,13H2,1H3,(H,30,31)(H,32,33). The number of halogens is 3. The van der Waals surface area contributed by atoms with Crippen LogP contribution < -0.4 is 9.47 Å². The summed E-state index contributed by atoms with van der Waals surface area (Å²) >= 11 is 0. The normalized spacial score (nSPS) is 11.4. The third-order valence-electron chi connectivity index (χ3n) is 5.31. The molecule has 0 amide bonds. The molecule has 1 heterocycles. The SMILES string of the molecule is COc1ccccc1-n1c(CC(=O)O)c(C(=O)O)c2cc(Oc3ccc(C(F)(F)F)cc3)ccc21. The van der Waals surface area contributed by atoms with Gasteiger partial charge in [0.1, 0.15) is 17.2 Å². The van der Waals surface area contributed by atoms with Gasteiger partial charge in [-0.1, -0.05) is 12.1 Å². The molecule has 1 aromatic heterocycles. The molecule has 180 valence electrons. The molecule has 2 N–H and O–H groups in total. The average molecular weight is 485 g/mol. The molecule has 0 spiro atoms. The third kappa shape index (κ3) is 4.63. The highest BCUT2D eigenvalue weighted by molar-refractivity contribution is 6.07. The smallest absolute Gasteiger partial charge is 0.416 e. The third-order valence-corrected chi connectivity index (χ3v) is 5.31. The first-order chi connectivity index (χ1) is 16.6. The second-order valence-corrected chi connectivity index (χ2v) is 7.51. The van der Waals surface area contributed by atoms with Crippen LogP contribution in [0.5, 0.6) is 17.2 Å². The summed E-state index contributed by atoms with van der Waals surface area (Å²) in [6.45, 7) is 0. The number of aliphatic carboxylic acids is 1. The van der Waals surface area contributed by atoms with Gasteiger partial charge in [-0.05, 0) is 54.6 Å². The maximum Gasteiger partial charge on any atom is 0.416 e. The van der Waals surface area contributed by atoms with Gasteiger partial charge in [-0.2, -0.15) is 13.2 Å². The van der Waals surface area contributed by atoms with Gasteiger partial charge in [0.15, 0.2) is 0 Å². The number of alkyl halides is 3. The first-order valence-electron chi connectivity index (χ1n) is 10.2. The highest BCUT2D eigenvalue weighted by Crippen LogP contribution is 2.37. The quantitative estimate of drug-likeness (QED) is 0.345. The Labute approximate surface area is 196 Å². The van der Waals surface area contributed by atoms with Gasteiger partial charge < -0.3 is 24.3 Å². The number of fused-ring (bicyclic) bond motifs is 1. The number of carboxylic acid groups (broad SMARTS) is 2. The van der Waals surface area contributed by atoms with Crippen molar-refractivity contribution in [3.05, 3.63) is 83.6 Å². The van der Waals surface area contributed by atoms with E-state index in [0.717, 1.165) is 24.3 Å². The Morgan fingerprint density at radius 1 is 0.943 bits per heavy atom. The van der Waals surface area contributed by atoms with Crippen molar-refractivity contribution in [1.29, 1.82) is 0 Å². The predicted molar refractivity (Wildman–Crippen MR) is 120 cm³/mol. The van der Waals surface area contributed by atoms with Gasteiger partial charge in [0.05, 0.1) is 35.9 Å². The van der Waals surface area contributed by atoms with Crippen molar-refractivity contribution in [2.75, 3.05) is 7.11 Å². The van der Waals surface area contributed by atoms with Gasteiger partial charge >= 0.3 is 18.1 Å². The lowest BCUT2D eigenvalue weighted by atomic mass is 10.1. The highest BCUT2D eigenvalue weighted by Gasteiger charge is 2.30. The van der Waals surface area contributed by atoms with E-state index >= 15 is 0 Å². The number of ether oxygens (including phenoxy) is 2. The number of aromatic nitrogens is 1. The molecule has 0 atom stereocenters. The van der Waals surface area contributed by atoms with Crippen LogP contribution in [0, 0.1) is 0 Å². The zero-order chi connectivity index (χ0) is 25.3. The lowest BCUT2D eigenvalue weighted by molar-refractivity contribution is -0.138. The fourth-order valence-electron chi connectivity index (χ4n) is 3.87. The van der Waals surface area contributed by atoms with Crippen LogP contribution in [0.25, 0.3) is 16.6 Å². The molecule has 4 aromatic rings. The molecule has 0 aliphatic heterocycles. The molecule has 0 radical (unpaired) electrons. The number of hydrogen-bond donors (Lipinski definition) is 2. The summed E-state index contributed by atoms with van der Waals surface area (Å²) in [7, 11) is 1.44. The maximum absolute atomic E-state index is 12.8. The number of para-hydroxylation sites is 2. The summed E-state index contributed by atoms with van der Waals surface area (Å²) in [5.74, 6) is -1.89. The van der Waals surface area contributed by atoms with Crippen molar-refractivity contribution in [1.82, 2.24) is 4.57 Å². The van der Waals surface area contributed by atoms with E-state index < -0.39 is 30.1 Å². The van der Waals surface area contributed by atoms with E-state index in [4.69, 9.17) is 9.47 Å². The van der Waals surface area contributed by atoms with Gasteiger partial charge in [-0.25, -0.2) is 4.79 Å². The zero-order valence-electron chi connectivity index (χ0n) is 18.2. The molecule has 3 aromatic carbocycles. The van der Waals surface area contributed by atoms with E-state index in [1.807, 2.05) is 0 Å². The van der Waals surface area contributed by atoms with Gasteiger partial charge in [-0.3, -0.25) is 4.79 Å². The van der Waals surface area contributed by atoms with Crippen molar-refractivity contribution in [3.8, 4) is 22.9 Å². The van der Waals surface area contributed by atoms with Crippen LogP contribution in [-0.4, -0.2) is 33.8 Å². The highest BCUT2D eigenvalue weighted by atomic mass is 19.4. The Hall–Kier alpha value is -4.47. The second kappa shape index (κ2) is 9.05. The van der Waals surface area contributed by atoms with Crippen molar-refractivity contribution >= 4 is 22.8 Å². The van der Waals surface area contributed by atoms with Crippen LogP contribution in [-0.2, 0) is 17.4 Å². The molecule has 10 heteroatoms. The lowest BCUT2D eigenvalue weighted by Gasteiger charge is -2.14. The predicted octanol–water partition coefficient (Wildman–Crippen LogP) is 5.78. The number of methoxy groups -OCH3 is 1. The summed E-state index contributed by atoms with van der Waals surface area (Å²) in [6, 6.07) is 15.3. The molecular weight excluding hydrogens is 467 g/mol. The van der Waals surface area contributed by atoms with Crippen LogP contribution >= 0.6 is 0 Å². The number of rotatable bonds is 7. The summed E-state index contributed by atoms with van der Waals surface area (Å²) < 4.78 is 51.0. The van der Waals surface area contributed by atoms with E-state index in [1.165, 1.54) is 23.8 Å². The average Bonchev–Trinajstić information content (AvgIpc) is 3.11. The molecular formula is C25H18F3NO6. The van der Waals surface area contributed by atoms with E-state index in [9.17, 15) is 33.0 Å². The first kappa shape index (κ1) is 23.7. The van der Waals surface area contributed by atoms with E-state index in [0.29, 0.717) is 17.0 Å². The van der Waals surface area contributed by atoms with Crippen LogP contribution in [0.4, 0.5) is 13.2 Å². The molecule has 0 bridgehead atoms. The van der Waals surface area contributed by atoms with Gasteiger partial charge in [-0.15, -0.1) is 0 Å². The second-order valence-electron chi connectivity index (χ2n) is 7.51. The minimum atomic E-state index is -4.49. The molecule has 0 fully saturated rings. The van der Waals surface area contributed by atoms with Crippen LogP contribution in [0.2, 0.25) is 0 Å². The lowest BCUT2D eigenvalue weighted by Crippen LogP contribution is -2.11. The summed E-state index contributed by atoms with van der Waals surface area (Å²) in [5, 5.41) is 19.6. The number of nitrogens with zero attached hydrogens (tertiary/aromatic N) is 1. The largest absolute Gasteiger partial charge is 0.495 e. The van der Waals surface area contributed by atoms with E-state index in [2.05, 4.69) is 0 Å². The van der Waals surface area contributed by atoms with Crippen molar-refractivity contribution in [2.24, 2.45) is 0 Å². The topological polar surface area (TPSA) is 98.0 Å². The minimum Gasteiger partial charge on any atom is -0.495 e. The summed E-state index contributed by atoms with van der Waals surface area (Å²) in [6.07, 6.45) is -5.07. The van der Waals surface area contributed by atoms with Crippen LogP contribution in [0.3, 0.4) is 0 Å². The Morgan fingerprint density at radius 2 is 1.60 bits per heavy atom. The number of carbonyl (C=O) groups is 2. The molecule has 0 aliphatic carbocycles. The van der Waals surface area contributed by atoms with Crippen molar-refractivity contribution in [2.45, 2.75) is 12.6 Å². The number of aromatic carboxylic acids is 1. The van der Waals surface area contributed by atoms with E-state index in [-0.39, 0.29) is 28.1 Å². The van der Waals surface area contributed by atoms with Crippen molar-refractivity contribution in [3.63, 3.8) is 0 Å². The zero-order valence-corrected chi connectivity index (χ0v) is 18.2. The maximum atomic E-state index is 12.8. The Balaban J connectivity index is 1.88. The monoisotopic (exact) mass is 485 g/mol. The van der Waals surface area contributed by atoms with Gasteiger partial charge in [0.2, 0.25) is 0 Å². The minimum absolute atomic E-state index is 0.0242. The Kier molecular flexibility index (Phi) is 6.12. The van der Waals surface area contributed by atoms with Crippen molar-refractivity contribution < 1.29 is 42.4 Å². The van der Waals surface area contributed by atoms with Crippen LogP contribution in [0.15, 0.2) is 66.7 Å². The molecule has 0 aliphatic rings. The number of hydrogen-bond acceptors (Lipinski definition) is 4. The molecule has 35 heavy (non-hydrogen) atoms. The molecule has 7 nitrogen and oxygen atoms in total. The summed E-state index contributed by atoms with van der Waals surface area (Å²) in [5.41, 5.74) is -0.203. The number of carboxylic acids is 2. The fraction of sp³-hybridized carbons (Fsp3) is 0.120. The summed E-state index contributed by atoms with van der Waals surface area (Å²) in [4.78, 5) is 23.9. The molecule has 0 saturated heterocycles.